The molecule has 0 aliphatic carbocycles. The summed E-state index contributed by atoms with van der Waals surface area (Å²) < 4.78 is 24.8. The van der Waals surface area contributed by atoms with E-state index < -0.39 is 11.7 Å². The highest BCUT2D eigenvalue weighted by Gasteiger charge is 2.17. The van der Waals surface area contributed by atoms with Gasteiger partial charge in [0.05, 0.1) is 23.8 Å². The first-order valence-corrected chi connectivity index (χ1v) is 8.11. The molecule has 1 aliphatic heterocycles. The third-order valence-electron chi connectivity index (χ3n) is 3.49. The van der Waals surface area contributed by atoms with Crippen LogP contribution in [0, 0.1) is 5.82 Å². The van der Waals surface area contributed by atoms with E-state index in [1.165, 1.54) is 12.1 Å². The molecular formula is C17H14Cl2FNO3. The first-order valence-electron chi connectivity index (χ1n) is 7.36. The summed E-state index contributed by atoms with van der Waals surface area (Å²) in [7, 11) is 0. The van der Waals surface area contributed by atoms with E-state index in [1.54, 1.807) is 12.1 Å². The molecule has 1 N–H and O–H groups in total. The Morgan fingerprint density at radius 3 is 2.79 bits per heavy atom. The fourth-order valence-electron chi connectivity index (χ4n) is 2.34. The molecule has 0 fully saturated rings. The van der Waals surface area contributed by atoms with Crippen molar-refractivity contribution in [3.05, 3.63) is 57.3 Å². The quantitative estimate of drug-likeness (QED) is 0.880. The van der Waals surface area contributed by atoms with Crippen LogP contribution < -0.4 is 14.8 Å². The summed E-state index contributed by atoms with van der Waals surface area (Å²) in [5.74, 6) is -0.143. The molecule has 0 radical (unpaired) electrons. The van der Waals surface area contributed by atoms with Crippen molar-refractivity contribution in [2.75, 3.05) is 13.2 Å². The fourth-order valence-corrected chi connectivity index (χ4v) is 2.80. The minimum absolute atomic E-state index is 0.108. The molecule has 1 heterocycles. The summed E-state index contributed by atoms with van der Waals surface area (Å²) in [6, 6.07) is 7.26. The van der Waals surface area contributed by atoms with Gasteiger partial charge in [-0.2, -0.15) is 0 Å². The Labute approximate surface area is 148 Å². The Hall–Kier alpha value is -1.98. The van der Waals surface area contributed by atoms with Crippen LogP contribution in [0.1, 0.15) is 22.3 Å². The minimum Gasteiger partial charge on any atom is -0.489 e. The van der Waals surface area contributed by atoms with E-state index in [-0.39, 0.29) is 12.1 Å². The topological polar surface area (TPSA) is 47.6 Å². The molecule has 3 rings (SSSR count). The molecule has 2 aromatic carbocycles. The van der Waals surface area contributed by atoms with E-state index in [1.807, 2.05) is 0 Å². The van der Waals surface area contributed by atoms with Crippen LogP contribution in [0.3, 0.4) is 0 Å². The van der Waals surface area contributed by atoms with E-state index in [4.69, 9.17) is 32.7 Å². The summed E-state index contributed by atoms with van der Waals surface area (Å²) >= 11 is 12.0. The maximum atomic E-state index is 13.7. The third-order valence-corrected chi connectivity index (χ3v) is 4.00. The van der Waals surface area contributed by atoms with Crippen LogP contribution in [-0.2, 0) is 6.54 Å². The molecule has 1 amide bonds. The lowest BCUT2D eigenvalue weighted by atomic mass is 10.1. The zero-order valence-corrected chi connectivity index (χ0v) is 14.1. The predicted molar refractivity (Wildman–Crippen MR) is 89.6 cm³/mol. The average molecular weight is 370 g/mol. The van der Waals surface area contributed by atoms with Gasteiger partial charge in [-0.15, -0.1) is 0 Å². The van der Waals surface area contributed by atoms with E-state index in [0.717, 1.165) is 18.1 Å². The van der Waals surface area contributed by atoms with E-state index in [9.17, 15) is 9.18 Å². The highest BCUT2D eigenvalue weighted by atomic mass is 35.5. The number of ether oxygens (including phenoxy) is 2. The number of carbonyl (C=O) groups excluding carboxylic acids is 1. The van der Waals surface area contributed by atoms with Crippen molar-refractivity contribution in [3.8, 4) is 11.5 Å². The Kier molecular flexibility index (Phi) is 5.11. The fraction of sp³-hybridized carbons (Fsp3) is 0.235. The molecule has 0 saturated carbocycles. The van der Waals surface area contributed by atoms with Crippen LogP contribution >= 0.6 is 23.2 Å². The second-order valence-corrected chi connectivity index (χ2v) is 6.11. The van der Waals surface area contributed by atoms with Gasteiger partial charge in [0.15, 0.2) is 11.5 Å². The normalized spacial score (nSPS) is 13.3. The van der Waals surface area contributed by atoms with Gasteiger partial charge in [0.1, 0.15) is 5.82 Å². The van der Waals surface area contributed by atoms with Gasteiger partial charge in [-0.1, -0.05) is 23.2 Å². The van der Waals surface area contributed by atoms with Gasteiger partial charge in [-0.3, -0.25) is 4.79 Å². The monoisotopic (exact) mass is 369 g/mol. The Morgan fingerprint density at radius 2 is 1.96 bits per heavy atom. The molecule has 0 atom stereocenters. The summed E-state index contributed by atoms with van der Waals surface area (Å²) in [6.45, 7) is 1.24. The second kappa shape index (κ2) is 7.28. The van der Waals surface area contributed by atoms with Crippen molar-refractivity contribution in [1.29, 1.82) is 0 Å². The van der Waals surface area contributed by atoms with Crippen LogP contribution in [0.4, 0.5) is 4.39 Å². The molecule has 0 saturated heterocycles. The Balaban J connectivity index is 1.75. The van der Waals surface area contributed by atoms with Crippen molar-refractivity contribution >= 4 is 29.1 Å². The SMILES string of the molecule is O=C(NCc1cc(Cl)c2c(c1)OCCCO2)c1cc(Cl)ccc1F. The van der Waals surface area contributed by atoms with Crippen LogP contribution in [0.25, 0.3) is 0 Å². The average Bonchev–Trinajstić information content (AvgIpc) is 2.80. The molecule has 126 valence electrons. The summed E-state index contributed by atoms with van der Waals surface area (Å²) in [5.41, 5.74) is 0.614. The van der Waals surface area contributed by atoms with Gasteiger partial charge < -0.3 is 14.8 Å². The number of carbonyl (C=O) groups is 1. The molecule has 24 heavy (non-hydrogen) atoms. The summed E-state index contributed by atoms with van der Waals surface area (Å²) in [5, 5.41) is 3.34. The van der Waals surface area contributed by atoms with Gasteiger partial charge in [-0.25, -0.2) is 4.39 Å². The molecule has 0 spiro atoms. The molecule has 1 aliphatic rings. The number of benzene rings is 2. The van der Waals surface area contributed by atoms with Gasteiger partial charge in [-0.05, 0) is 35.9 Å². The van der Waals surface area contributed by atoms with Gasteiger partial charge in [0.2, 0.25) is 0 Å². The maximum Gasteiger partial charge on any atom is 0.254 e. The van der Waals surface area contributed by atoms with Crippen molar-refractivity contribution in [3.63, 3.8) is 0 Å². The van der Waals surface area contributed by atoms with Gasteiger partial charge in [0.25, 0.3) is 5.91 Å². The number of halogens is 3. The molecule has 0 bridgehead atoms. The second-order valence-electron chi connectivity index (χ2n) is 5.26. The van der Waals surface area contributed by atoms with Gasteiger partial charge in [0, 0.05) is 18.0 Å². The number of nitrogens with one attached hydrogen (secondary N) is 1. The molecule has 0 unspecified atom stereocenters. The molecular weight excluding hydrogens is 356 g/mol. The molecule has 2 aromatic rings. The molecule has 0 aromatic heterocycles. The number of rotatable bonds is 3. The van der Waals surface area contributed by atoms with E-state index >= 15 is 0 Å². The number of hydrogen-bond donors (Lipinski definition) is 1. The summed E-state index contributed by atoms with van der Waals surface area (Å²) in [6.07, 6.45) is 0.769. The Morgan fingerprint density at radius 1 is 1.17 bits per heavy atom. The lowest BCUT2D eigenvalue weighted by Crippen LogP contribution is -2.23. The molecule has 4 nitrogen and oxygen atoms in total. The first kappa shape index (κ1) is 16.9. The van der Waals surface area contributed by atoms with Crippen molar-refractivity contribution in [2.24, 2.45) is 0 Å². The van der Waals surface area contributed by atoms with Crippen molar-refractivity contribution in [2.45, 2.75) is 13.0 Å². The zero-order valence-electron chi connectivity index (χ0n) is 12.6. The van der Waals surface area contributed by atoms with Gasteiger partial charge >= 0.3 is 0 Å². The van der Waals surface area contributed by atoms with Crippen LogP contribution in [0.15, 0.2) is 30.3 Å². The predicted octanol–water partition coefficient (Wildman–Crippen LogP) is 4.22. The maximum absolute atomic E-state index is 13.7. The Bertz CT molecular complexity index is 783. The van der Waals surface area contributed by atoms with E-state index in [2.05, 4.69) is 5.32 Å². The lowest BCUT2D eigenvalue weighted by molar-refractivity contribution is 0.0947. The molecule has 7 heteroatoms. The lowest BCUT2D eigenvalue weighted by Gasteiger charge is -2.12. The standard InChI is InChI=1S/C17H14Cl2FNO3/c18-11-2-3-14(20)12(8-11)17(22)21-9-10-6-13(19)16-15(7-10)23-4-1-5-24-16/h2-3,6-8H,1,4-5,9H2,(H,21,22). The van der Waals surface area contributed by atoms with Crippen LogP contribution in [0.2, 0.25) is 10.0 Å². The van der Waals surface area contributed by atoms with Crippen molar-refractivity contribution < 1.29 is 18.7 Å². The minimum atomic E-state index is -0.631. The van der Waals surface area contributed by atoms with Crippen molar-refractivity contribution in [1.82, 2.24) is 5.32 Å². The van der Waals surface area contributed by atoms with Crippen LogP contribution in [0.5, 0.6) is 11.5 Å². The number of fused-ring (bicyclic) bond motifs is 1. The largest absolute Gasteiger partial charge is 0.489 e. The summed E-state index contributed by atoms with van der Waals surface area (Å²) in [4.78, 5) is 12.1. The van der Waals surface area contributed by atoms with E-state index in [0.29, 0.717) is 34.8 Å². The van der Waals surface area contributed by atoms with Crippen LogP contribution in [-0.4, -0.2) is 19.1 Å². The number of amides is 1. The highest BCUT2D eigenvalue weighted by molar-refractivity contribution is 6.32. The smallest absolute Gasteiger partial charge is 0.254 e. The highest BCUT2D eigenvalue weighted by Crippen LogP contribution is 2.37. The first-order chi connectivity index (χ1) is 11.5. The number of hydrogen-bond acceptors (Lipinski definition) is 3. The third kappa shape index (κ3) is 3.74. The zero-order chi connectivity index (χ0) is 17.1.